The van der Waals surface area contributed by atoms with Gasteiger partial charge in [0, 0.05) is 17.4 Å². The molecule has 3 aromatic heterocycles. The standard InChI is InChI=1S/C24H26N6O5/c1-14-4-5-16(21-28-20(35-29-21)13-26-23(32)33)11-17(14)27-22(31)18-12-25-19-10-15(7-9-30(18)19)6-8-24(2,3)34/h4-5,7,9-12,26,34H,6,8,13H2,1-3H3,(H,27,31)(H,32,33). The van der Waals surface area contributed by atoms with Crippen LogP contribution in [0.15, 0.2) is 47.2 Å². The molecule has 0 atom stereocenters. The Morgan fingerprint density at radius 1 is 1.20 bits per heavy atom. The first-order valence-electron chi connectivity index (χ1n) is 11.0. The Balaban J connectivity index is 1.51. The third kappa shape index (κ3) is 5.82. The molecule has 0 bridgehead atoms. The lowest BCUT2D eigenvalue weighted by atomic mass is 9.99. The zero-order valence-electron chi connectivity index (χ0n) is 19.6. The Labute approximate surface area is 200 Å². The number of carbonyl (C=O) groups is 2. The molecule has 0 saturated heterocycles. The number of aliphatic hydroxyl groups is 1. The second-order valence-corrected chi connectivity index (χ2v) is 8.87. The van der Waals surface area contributed by atoms with E-state index < -0.39 is 11.7 Å². The van der Waals surface area contributed by atoms with E-state index in [1.54, 1.807) is 36.6 Å². The third-order valence-corrected chi connectivity index (χ3v) is 5.44. The van der Waals surface area contributed by atoms with E-state index in [1.807, 2.05) is 25.1 Å². The Bertz CT molecular complexity index is 1380. The summed E-state index contributed by atoms with van der Waals surface area (Å²) in [5.74, 6) is 0.0683. The van der Waals surface area contributed by atoms with Gasteiger partial charge in [-0.05, 0) is 62.9 Å². The van der Waals surface area contributed by atoms with E-state index in [-0.39, 0.29) is 24.2 Å². The summed E-state index contributed by atoms with van der Waals surface area (Å²) in [5, 5.41) is 27.6. The molecule has 0 spiro atoms. The number of aryl methyl sites for hydroxylation is 2. The summed E-state index contributed by atoms with van der Waals surface area (Å²) in [6.45, 7) is 5.30. The molecule has 4 N–H and O–H groups in total. The van der Waals surface area contributed by atoms with Crippen molar-refractivity contribution in [1.82, 2.24) is 24.8 Å². The van der Waals surface area contributed by atoms with Crippen molar-refractivity contribution in [2.75, 3.05) is 5.32 Å². The molecule has 182 valence electrons. The predicted octanol–water partition coefficient (Wildman–Crippen LogP) is 3.42. The number of amides is 2. The lowest BCUT2D eigenvalue weighted by Gasteiger charge is -2.16. The van der Waals surface area contributed by atoms with Crippen LogP contribution in [0.3, 0.4) is 0 Å². The number of nitrogens with one attached hydrogen (secondary N) is 2. The number of carboxylic acid groups (broad SMARTS) is 1. The van der Waals surface area contributed by atoms with Crippen LogP contribution in [0.2, 0.25) is 0 Å². The van der Waals surface area contributed by atoms with Gasteiger partial charge in [0.25, 0.3) is 5.91 Å². The van der Waals surface area contributed by atoms with Gasteiger partial charge in [0.2, 0.25) is 11.7 Å². The smallest absolute Gasteiger partial charge is 0.405 e. The molecule has 0 saturated carbocycles. The van der Waals surface area contributed by atoms with Crippen molar-refractivity contribution in [3.63, 3.8) is 0 Å². The third-order valence-electron chi connectivity index (χ3n) is 5.44. The maximum atomic E-state index is 13.1. The number of carbonyl (C=O) groups excluding carboxylic acids is 1. The van der Waals surface area contributed by atoms with Crippen molar-refractivity contribution in [3.05, 3.63) is 65.4 Å². The van der Waals surface area contributed by atoms with E-state index in [0.717, 1.165) is 11.1 Å². The molecule has 0 aliphatic rings. The number of hydrogen-bond acceptors (Lipinski definition) is 7. The molecule has 0 radical (unpaired) electrons. The van der Waals surface area contributed by atoms with Gasteiger partial charge in [0.05, 0.1) is 11.8 Å². The molecule has 11 heteroatoms. The number of pyridine rings is 1. The SMILES string of the molecule is Cc1ccc(-c2noc(CNC(=O)O)n2)cc1NC(=O)c1cnc2cc(CCC(C)(C)O)ccn12. The first-order valence-corrected chi connectivity index (χ1v) is 11.0. The first-order chi connectivity index (χ1) is 16.6. The molecule has 4 rings (SSSR count). The van der Waals surface area contributed by atoms with Gasteiger partial charge in [-0.15, -0.1) is 0 Å². The van der Waals surface area contributed by atoms with Crippen LogP contribution in [0.4, 0.5) is 10.5 Å². The predicted molar refractivity (Wildman–Crippen MR) is 127 cm³/mol. The van der Waals surface area contributed by atoms with Crippen molar-refractivity contribution in [2.24, 2.45) is 0 Å². The maximum Gasteiger partial charge on any atom is 0.405 e. The maximum absolute atomic E-state index is 13.1. The zero-order chi connectivity index (χ0) is 25.2. The minimum atomic E-state index is -1.19. The van der Waals surface area contributed by atoms with Crippen LogP contribution in [-0.2, 0) is 13.0 Å². The number of nitrogens with zero attached hydrogens (tertiary/aromatic N) is 4. The van der Waals surface area contributed by atoms with Crippen LogP contribution in [0.5, 0.6) is 0 Å². The summed E-state index contributed by atoms with van der Waals surface area (Å²) in [6, 6.07) is 9.15. The molecule has 0 aliphatic heterocycles. The van der Waals surface area contributed by atoms with Gasteiger partial charge in [0.15, 0.2) is 0 Å². The van der Waals surface area contributed by atoms with E-state index in [1.165, 1.54) is 6.20 Å². The van der Waals surface area contributed by atoms with Crippen molar-refractivity contribution < 1.29 is 24.3 Å². The van der Waals surface area contributed by atoms with Crippen molar-refractivity contribution in [1.29, 1.82) is 0 Å². The van der Waals surface area contributed by atoms with Gasteiger partial charge >= 0.3 is 6.09 Å². The van der Waals surface area contributed by atoms with E-state index in [4.69, 9.17) is 9.63 Å². The average molecular weight is 479 g/mol. The second kappa shape index (κ2) is 9.55. The van der Waals surface area contributed by atoms with E-state index >= 15 is 0 Å². The van der Waals surface area contributed by atoms with E-state index in [2.05, 4.69) is 25.8 Å². The van der Waals surface area contributed by atoms with Gasteiger partial charge < -0.3 is 25.4 Å². The Kier molecular flexibility index (Phi) is 6.52. The minimum absolute atomic E-state index is 0.106. The lowest BCUT2D eigenvalue weighted by molar-refractivity contribution is 0.0714. The Morgan fingerprint density at radius 3 is 2.74 bits per heavy atom. The second-order valence-electron chi connectivity index (χ2n) is 8.87. The normalized spacial score (nSPS) is 11.5. The number of aromatic nitrogens is 4. The molecule has 3 heterocycles. The summed E-state index contributed by atoms with van der Waals surface area (Å²) in [5.41, 5.74) is 3.30. The van der Waals surface area contributed by atoms with E-state index in [0.29, 0.717) is 35.4 Å². The van der Waals surface area contributed by atoms with Crippen LogP contribution in [0.25, 0.3) is 17.0 Å². The molecular weight excluding hydrogens is 452 g/mol. The summed E-state index contributed by atoms with van der Waals surface area (Å²) in [7, 11) is 0. The average Bonchev–Trinajstić information content (AvgIpc) is 3.44. The van der Waals surface area contributed by atoms with Crippen LogP contribution in [0, 0.1) is 6.92 Å². The zero-order valence-corrected chi connectivity index (χ0v) is 19.6. The van der Waals surface area contributed by atoms with Gasteiger partial charge in [-0.3, -0.25) is 9.20 Å². The van der Waals surface area contributed by atoms with Crippen molar-refractivity contribution in [3.8, 4) is 11.4 Å². The fourth-order valence-corrected chi connectivity index (χ4v) is 3.47. The van der Waals surface area contributed by atoms with Gasteiger partial charge in [0.1, 0.15) is 17.9 Å². The van der Waals surface area contributed by atoms with Crippen molar-refractivity contribution >= 4 is 23.3 Å². The number of hydrogen-bond donors (Lipinski definition) is 4. The molecule has 0 fully saturated rings. The molecule has 35 heavy (non-hydrogen) atoms. The number of fused-ring (bicyclic) bond motifs is 1. The summed E-state index contributed by atoms with van der Waals surface area (Å²) < 4.78 is 6.78. The summed E-state index contributed by atoms with van der Waals surface area (Å²) in [4.78, 5) is 32.3. The minimum Gasteiger partial charge on any atom is -0.465 e. The summed E-state index contributed by atoms with van der Waals surface area (Å²) >= 11 is 0. The van der Waals surface area contributed by atoms with Crippen LogP contribution in [0.1, 0.15) is 47.8 Å². The highest BCUT2D eigenvalue weighted by atomic mass is 16.5. The first kappa shape index (κ1) is 23.9. The highest BCUT2D eigenvalue weighted by molar-refractivity contribution is 6.04. The Hall–Kier alpha value is -4.25. The van der Waals surface area contributed by atoms with Crippen molar-refractivity contribution in [2.45, 2.75) is 45.8 Å². The number of anilines is 1. The molecule has 0 aliphatic carbocycles. The quantitative estimate of drug-likeness (QED) is 0.300. The van der Waals surface area contributed by atoms with Crippen LogP contribution in [-0.4, -0.2) is 47.3 Å². The summed E-state index contributed by atoms with van der Waals surface area (Å²) in [6.07, 6.45) is 3.44. The van der Waals surface area contributed by atoms with E-state index in [9.17, 15) is 14.7 Å². The van der Waals surface area contributed by atoms with Gasteiger partial charge in [-0.1, -0.05) is 17.3 Å². The van der Waals surface area contributed by atoms with Gasteiger partial charge in [-0.25, -0.2) is 9.78 Å². The molecule has 0 unspecified atom stereocenters. The highest BCUT2D eigenvalue weighted by Crippen LogP contribution is 2.24. The highest BCUT2D eigenvalue weighted by Gasteiger charge is 2.17. The lowest BCUT2D eigenvalue weighted by Crippen LogP contribution is -2.20. The number of rotatable bonds is 8. The monoisotopic (exact) mass is 478 g/mol. The fraction of sp³-hybridized carbons (Fsp3) is 0.292. The number of imidazole rings is 1. The largest absolute Gasteiger partial charge is 0.465 e. The molecule has 2 amide bonds. The fourth-order valence-electron chi connectivity index (χ4n) is 3.47. The van der Waals surface area contributed by atoms with Gasteiger partial charge in [-0.2, -0.15) is 4.98 Å². The van der Waals surface area contributed by atoms with Crippen LogP contribution < -0.4 is 10.6 Å². The molecular formula is C24H26N6O5. The number of benzene rings is 1. The molecule has 11 nitrogen and oxygen atoms in total. The molecule has 4 aromatic rings. The topological polar surface area (TPSA) is 155 Å². The Morgan fingerprint density at radius 2 is 2.00 bits per heavy atom. The van der Waals surface area contributed by atoms with Crippen LogP contribution >= 0.6 is 0 Å². The molecule has 1 aromatic carbocycles.